The van der Waals surface area contributed by atoms with E-state index in [-0.39, 0.29) is 18.2 Å². The van der Waals surface area contributed by atoms with E-state index in [4.69, 9.17) is 9.47 Å². The first-order chi connectivity index (χ1) is 18.9. The van der Waals surface area contributed by atoms with Crippen molar-refractivity contribution < 1.29 is 13.9 Å². The normalized spacial score (nSPS) is 12.5. The molecule has 0 spiro atoms. The molecule has 2 aromatic heterocycles. The first-order valence-electron chi connectivity index (χ1n) is 12.6. The minimum atomic E-state index is -0.295. The lowest BCUT2D eigenvalue weighted by Gasteiger charge is -2.22. The van der Waals surface area contributed by atoms with Crippen LogP contribution in [0, 0.1) is 19.7 Å². The molecule has 0 saturated heterocycles. The zero-order valence-electron chi connectivity index (χ0n) is 21.6. The maximum absolute atomic E-state index is 13.4. The number of H-pyrrole nitrogens is 1. The van der Waals surface area contributed by atoms with Crippen molar-refractivity contribution in [2.45, 2.75) is 40.0 Å². The van der Waals surface area contributed by atoms with Gasteiger partial charge in [0.15, 0.2) is 17.3 Å². The highest BCUT2D eigenvalue weighted by Gasteiger charge is 2.19. The fourth-order valence-corrected chi connectivity index (χ4v) is 4.77. The molecule has 1 aliphatic rings. The molecule has 0 unspecified atom stereocenters. The minimum Gasteiger partial charge on any atom is -0.454 e. The third kappa shape index (κ3) is 5.37. The zero-order chi connectivity index (χ0) is 26.9. The topological polar surface area (TPSA) is 98.2 Å². The molecule has 3 aromatic carbocycles. The second-order valence-corrected chi connectivity index (χ2v) is 9.86. The van der Waals surface area contributed by atoms with E-state index in [0.29, 0.717) is 49.1 Å². The number of nitrogens with one attached hydrogen (secondary N) is 1. The third-order valence-electron chi connectivity index (χ3n) is 6.99. The Morgan fingerprint density at radius 3 is 2.54 bits per heavy atom. The Morgan fingerprint density at radius 1 is 0.923 bits per heavy atom. The average Bonchev–Trinajstić information content (AvgIpc) is 3.56. The summed E-state index contributed by atoms with van der Waals surface area (Å²) in [4.78, 5) is 18.3. The molecule has 39 heavy (non-hydrogen) atoms. The smallest absolute Gasteiger partial charge is 0.252 e. The quantitative estimate of drug-likeness (QED) is 0.323. The number of benzene rings is 3. The molecule has 0 bridgehead atoms. The Bertz CT molecular complexity index is 1710. The van der Waals surface area contributed by atoms with Crippen LogP contribution in [0.5, 0.6) is 11.5 Å². The third-order valence-corrected chi connectivity index (χ3v) is 6.99. The Hall–Kier alpha value is -4.57. The number of aromatic nitrogens is 5. The molecule has 0 amide bonds. The highest BCUT2D eigenvalue weighted by Crippen LogP contribution is 2.33. The van der Waals surface area contributed by atoms with Crippen LogP contribution in [0.3, 0.4) is 0 Å². The summed E-state index contributed by atoms with van der Waals surface area (Å²) >= 11 is 0. The van der Waals surface area contributed by atoms with Gasteiger partial charge in [0, 0.05) is 24.2 Å². The lowest BCUT2D eigenvalue weighted by atomic mass is 10.0. The van der Waals surface area contributed by atoms with Gasteiger partial charge in [-0.3, -0.25) is 9.69 Å². The van der Waals surface area contributed by atoms with E-state index in [9.17, 15) is 9.18 Å². The van der Waals surface area contributed by atoms with E-state index in [1.165, 1.54) is 12.1 Å². The molecule has 0 fully saturated rings. The Morgan fingerprint density at radius 2 is 1.69 bits per heavy atom. The van der Waals surface area contributed by atoms with Crippen molar-refractivity contribution in [1.29, 1.82) is 0 Å². The van der Waals surface area contributed by atoms with Gasteiger partial charge < -0.3 is 14.5 Å². The van der Waals surface area contributed by atoms with Crippen LogP contribution in [0.15, 0.2) is 65.5 Å². The number of rotatable bonds is 8. The molecule has 0 aliphatic carbocycles. The van der Waals surface area contributed by atoms with E-state index in [0.717, 1.165) is 33.2 Å². The van der Waals surface area contributed by atoms with Crippen molar-refractivity contribution >= 4 is 10.9 Å². The van der Waals surface area contributed by atoms with Crippen LogP contribution in [-0.2, 0) is 26.2 Å². The Kier molecular flexibility index (Phi) is 6.54. The SMILES string of the molecule is Cc1cc2cc(CN(Cc3ccc4c(c3)OCO4)Cc3nnnn3Cc3ccc(F)cc3)c(=O)[nH]c2cc1C. The summed E-state index contributed by atoms with van der Waals surface area (Å²) in [5.41, 5.74) is 5.50. The number of hydrogen-bond donors (Lipinski definition) is 1. The van der Waals surface area contributed by atoms with E-state index < -0.39 is 0 Å². The van der Waals surface area contributed by atoms with Crippen LogP contribution in [0.4, 0.5) is 4.39 Å². The number of aromatic amines is 1. The van der Waals surface area contributed by atoms with Crippen LogP contribution in [-0.4, -0.2) is 36.9 Å². The average molecular weight is 527 g/mol. The first kappa shape index (κ1) is 24.7. The van der Waals surface area contributed by atoms with E-state index in [1.807, 2.05) is 37.3 Å². The Balaban J connectivity index is 1.31. The van der Waals surface area contributed by atoms with Crippen molar-refractivity contribution in [2.75, 3.05) is 6.79 Å². The van der Waals surface area contributed by atoms with Crippen molar-refractivity contribution in [3.63, 3.8) is 0 Å². The van der Waals surface area contributed by atoms with Crippen molar-refractivity contribution in [1.82, 2.24) is 30.1 Å². The van der Waals surface area contributed by atoms with Crippen LogP contribution in [0.25, 0.3) is 10.9 Å². The highest BCUT2D eigenvalue weighted by atomic mass is 19.1. The van der Waals surface area contributed by atoms with E-state index >= 15 is 0 Å². The standard InChI is InChI=1S/C29H27FN6O3/c1-18-9-22-12-23(29(37)31-25(22)10-19(18)2)15-35(13-21-5-8-26-27(11-21)39-17-38-26)16-28-32-33-34-36(28)14-20-3-6-24(30)7-4-20/h3-12H,13-17H2,1-2H3,(H,31,37). The molecule has 3 heterocycles. The predicted octanol–water partition coefficient (Wildman–Crippen LogP) is 4.25. The van der Waals surface area contributed by atoms with E-state index in [2.05, 4.69) is 38.4 Å². The summed E-state index contributed by atoms with van der Waals surface area (Å²) in [6, 6.07) is 18.1. The maximum Gasteiger partial charge on any atom is 0.252 e. The first-order valence-corrected chi connectivity index (χ1v) is 12.6. The van der Waals surface area contributed by atoms with Gasteiger partial charge >= 0.3 is 0 Å². The van der Waals surface area contributed by atoms with Crippen molar-refractivity contribution in [3.05, 3.63) is 110 Å². The summed E-state index contributed by atoms with van der Waals surface area (Å²) < 4.78 is 26.1. The lowest BCUT2D eigenvalue weighted by Crippen LogP contribution is -2.28. The van der Waals surface area contributed by atoms with Crippen LogP contribution < -0.4 is 15.0 Å². The van der Waals surface area contributed by atoms with Gasteiger partial charge in [0.25, 0.3) is 5.56 Å². The number of pyridine rings is 1. The molecule has 1 N–H and O–H groups in total. The maximum atomic E-state index is 13.4. The van der Waals surface area contributed by atoms with Gasteiger partial charge in [-0.25, -0.2) is 9.07 Å². The summed E-state index contributed by atoms with van der Waals surface area (Å²) in [5.74, 6) is 1.74. The molecule has 6 rings (SSSR count). The van der Waals surface area contributed by atoms with Gasteiger partial charge in [-0.2, -0.15) is 0 Å². The summed E-state index contributed by atoms with van der Waals surface area (Å²) in [5, 5.41) is 13.3. The van der Waals surface area contributed by atoms with Gasteiger partial charge in [0.2, 0.25) is 6.79 Å². The van der Waals surface area contributed by atoms with Crippen molar-refractivity contribution in [2.24, 2.45) is 0 Å². The molecule has 5 aromatic rings. The molecule has 198 valence electrons. The summed E-state index contributed by atoms with van der Waals surface area (Å²) in [7, 11) is 0. The fourth-order valence-electron chi connectivity index (χ4n) is 4.77. The molecule has 0 atom stereocenters. The Labute approximate surface area is 223 Å². The second kappa shape index (κ2) is 10.3. The van der Waals surface area contributed by atoms with Crippen LogP contribution in [0.2, 0.25) is 0 Å². The number of hydrogen-bond acceptors (Lipinski definition) is 7. The van der Waals surface area contributed by atoms with Gasteiger partial charge in [-0.1, -0.05) is 18.2 Å². The summed E-state index contributed by atoms with van der Waals surface area (Å²) in [6.45, 7) is 5.96. The van der Waals surface area contributed by atoms with Gasteiger partial charge in [0.05, 0.1) is 13.1 Å². The molecular formula is C29H27FN6O3. The molecule has 1 aliphatic heterocycles. The number of ether oxygens (including phenoxy) is 2. The zero-order valence-corrected chi connectivity index (χ0v) is 21.6. The second-order valence-electron chi connectivity index (χ2n) is 9.86. The van der Waals surface area contributed by atoms with Crippen LogP contribution in [0.1, 0.15) is 33.6 Å². The van der Waals surface area contributed by atoms with Gasteiger partial charge in [0.1, 0.15) is 5.82 Å². The lowest BCUT2D eigenvalue weighted by molar-refractivity contribution is 0.174. The van der Waals surface area contributed by atoms with Gasteiger partial charge in [-0.15, -0.1) is 5.10 Å². The molecular weight excluding hydrogens is 499 g/mol. The van der Waals surface area contributed by atoms with Gasteiger partial charge in [-0.05, 0) is 94.4 Å². The predicted molar refractivity (Wildman–Crippen MR) is 143 cm³/mol. The molecule has 9 nitrogen and oxygen atoms in total. The molecule has 0 radical (unpaired) electrons. The number of fused-ring (bicyclic) bond motifs is 2. The van der Waals surface area contributed by atoms with Crippen LogP contribution >= 0.6 is 0 Å². The number of nitrogens with zero attached hydrogens (tertiary/aromatic N) is 5. The molecule has 10 heteroatoms. The fraction of sp³-hybridized carbons (Fsp3) is 0.241. The number of aryl methyl sites for hydroxylation is 2. The number of tetrazole rings is 1. The highest BCUT2D eigenvalue weighted by molar-refractivity contribution is 5.80. The monoisotopic (exact) mass is 526 g/mol. The molecule has 0 saturated carbocycles. The largest absolute Gasteiger partial charge is 0.454 e. The summed E-state index contributed by atoms with van der Waals surface area (Å²) in [6.07, 6.45) is 0. The van der Waals surface area contributed by atoms with E-state index in [1.54, 1.807) is 16.8 Å². The van der Waals surface area contributed by atoms with Crippen molar-refractivity contribution in [3.8, 4) is 11.5 Å². The minimum absolute atomic E-state index is 0.132. The number of halogens is 1.